The van der Waals surface area contributed by atoms with Crippen molar-refractivity contribution in [3.8, 4) is 0 Å². The van der Waals surface area contributed by atoms with Gasteiger partial charge in [0.15, 0.2) is 0 Å². The number of amides is 1. The average Bonchev–Trinajstić information content (AvgIpc) is 2.89. The third-order valence-electron chi connectivity index (χ3n) is 3.66. The van der Waals surface area contributed by atoms with E-state index in [1.54, 1.807) is 18.0 Å². The van der Waals surface area contributed by atoms with Gasteiger partial charge >= 0.3 is 0 Å². The summed E-state index contributed by atoms with van der Waals surface area (Å²) in [4.78, 5) is 22.2. The molecule has 2 aromatic rings. The Kier molecular flexibility index (Phi) is 3.43. The van der Waals surface area contributed by atoms with E-state index in [1.807, 2.05) is 18.2 Å². The van der Waals surface area contributed by atoms with Crippen molar-refractivity contribution >= 4 is 23.5 Å². The second-order valence-electron chi connectivity index (χ2n) is 5.04. The summed E-state index contributed by atoms with van der Waals surface area (Å²) in [6.07, 6.45) is 0.489. The molecule has 1 aliphatic rings. The highest BCUT2D eigenvalue weighted by Crippen LogP contribution is 2.31. The molecule has 0 bridgehead atoms. The molecule has 0 spiro atoms. The summed E-state index contributed by atoms with van der Waals surface area (Å²) in [7, 11) is 1.75. The highest BCUT2D eigenvalue weighted by Gasteiger charge is 2.32. The third-order valence-corrected chi connectivity index (χ3v) is 3.66. The SMILES string of the molecule is CNc1cc(N2CC(c3ccccc3)CC2=O)nc(N)n1. The first-order chi connectivity index (χ1) is 10.2. The summed E-state index contributed by atoms with van der Waals surface area (Å²) in [6.45, 7) is 0.614. The van der Waals surface area contributed by atoms with E-state index >= 15 is 0 Å². The predicted molar refractivity (Wildman–Crippen MR) is 82.1 cm³/mol. The molecule has 6 nitrogen and oxygen atoms in total. The molecule has 0 aliphatic carbocycles. The van der Waals surface area contributed by atoms with Gasteiger partial charge in [-0.25, -0.2) is 0 Å². The molecule has 1 unspecified atom stereocenters. The Morgan fingerprint density at radius 3 is 2.76 bits per heavy atom. The number of nitrogens with zero attached hydrogens (tertiary/aromatic N) is 3. The van der Waals surface area contributed by atoms with Gasteiger partial charge in [0.25, 0.3) is 0 Å². The molecule has 21 heavy (non-hydrogen) atoms. The van der Waals surface area contributed by atoms with Crippen molar-refractivity contribution in [3.63, 3.8) is 0 Å². The minimum Gasteiger partial charge on any atom is -0.373 e. The standard InChI is InChI=1S/C15H17N5O/c1-17-12-8-13(19-15(16)18-12)20-9-11(7-14(20)21)10-5-3-2-4-6-10/h2-6,8,11H,7,9H2,1H3,(H3,16,17,18,19). The zero-order chi connectivity index (χ0) is 14.8. The number of aromatic nitrogens is 2. The van der Waals surface area contributed by atoms with Gasteiger partial charge in [0.05, 0.1) is 0 Å². The van der Waals surface area contributed by atoms with Crippen molar-refractivity contribution in [2.75, 3.05) is 29.5 Å². The second-order valence-corrected chi connectivity index (χ2v) is 5.04. The molecule has 1 atom stereocenters. The Balaban J connectivity index is 1.87. The lowest BCUT2D eigenvalue weighted by molar-refractivity contribution is -0.117. The molecule has 1 aromatic heterocycles. The Hall–Kier alpha value is -2.63. The van der Waals surface area contributed by atoms with Crippen LogP contribution >= 0.6 is 0 Å². The lowest BCUT2D eigenvalue weighted by Crippen LogP contribution is -2.26. The van der Waals surface area contributed by atoms with Crippen LogP contribution in [0.15, 0.2) is 36.4 Å². The van der Waals surface area contributed by atoms with Gasteiger partial charge in [0.2, 0.25) is 11.9 Å². The molecule has 108 valence electrons. The third kappa shape index (κ3) is 2.65. The van der Waals surface area contributed by atoms with Crippen molar-refractivity contribution in [1.82, 2.24) is 9.97 Å². The normalized spacial score (nSPS) is 18.0. The number of nitrogens with two attached hydrogens (primary N) is 1. The molecule has 1 aromatic carbocycles. The quantitative estimate of drug-likeness (QED) is 0.894. The van der Waals surface area contributed by atoms with E-state index in [0.29, 0.717) is 24.6 Å². The smallest absolute Gasteiger partial charge is 0.228 e. The minimum absolute atomic E-state index is 0.0593. The van der Waals surface area contributed by atoms with E-state index in [-0.39, 0.29) is 17.8 Å². The van der Waals surface area contributed by atoms with E-state index in [9.17, 15) is 4.79 Å². The number of hydrogen-bond donors (Lipinski definition) is 2. The molecule has 1 amide bonds. The molecule has 0 radical (unpaired) electrons. The average molecular weight is 283 g/mol. The number of carbonyl (C=O) groups excluding carboxylic acids is 1. The van der Waals surface area contributed by atoms with Crippen LogP contribution in [-0.4, -0.2) is 29.5 Å². The first-order valence-corrected chi connectivity index (χ1v) is 6.85. The fourth-order valence-corrected chi connectivity index (χ4v) is 2.60. The number of rotatable bonds is 3. The van der Waals surface area contributed by atoms with Gasteiger partial charge < -0.3 is 11.1 Å². The molecule has 1 fully saturated rings. The number of carbonyl (C=O) groups is 1. The predicted octanol–water partition coefficient (Wildman–Crippen LogP) is 1.62. The van der Waals surface area contributed by atoms with Gasteiger partial charge in [-0.15, -0.1) is 0 Å². The number of nitrogen functional groups attached to an aromatic ring is 1. The molecular formula is C15H17N5O. The van der Waals surface area contributed by atoms with Crippen LogP contribution in [0.5, 0.6) is 0 Å². The highest BCUT2D eigenvalue weighted by molar-refractivity contribution is 5.96. The Morgan fingerprint density at radius 2 is 2.05 bits per heavy atom. The topological polar surface area (TPSA) is 84.1 Å². The Labute approximate surface area is 123 Å². The molecule has 0 saturated carbocycles. The molecule has 1 saturated heterocycles. The Bertz CT molecular complexity index is 658. The van der Waals surface area contributed by atoms with Gasteiger partial charge in [-0.1, -0.05) is 30.3 Å². The van der Waals surface area contributed by atoms with Crippen LogP contribution in [0.1, 0.15) is 17.9 Å². The summed E-state index contributed by atoms with van der Waals surface area (Å²) in [5.41, 5.74) is 6.86. The van der Waals surface area contributed by atoms with Crippen molar-refractivity contribution in [3.05, 3.63) is 42.0 Å². The number of anilines is 3. The maximum Gasteiger partial charge on any atom is 0.228 e. The van der Waals surface area contributed by atoms with Crippen molar-refractivity contribution in [1.29, 1.82) is 0 Å². The van der Waals surface area contributed by atoms with Crippen molar-refractivity contribution in [2.45, 2.75) is 12.3 Å². The zero-order valence-electron chi connectivity index (χ0n) is 11.8. The zero-order valence-corrected chi connectivity index (χ0v) is 11.8. The van der Waals surface area contributed by atoms with Crippen molar-refractivity contribution < 1.29 is 4.79 Å². The summed E-state index contributed by atoms with van der Waals surface area (Å²) >= 11 is 0. The van der Waals surface area contributed by atoms with E-state index in [4.69, 9.17) is 5.73 Å². The lowest BCUT2D eigenvalue weighted by atomic mass is 9.99. The van der Waals surface area contributed by atoms with Gasteiger partial charge in [-0.2, -0.15) is 9.97 Å². The van der Waals surface area contributed by atoms with Crippen LogP contribution in [-0.2, 0) is 4.79 Å². The monoisotopic (exact) mass is 283 g/mol. The summed E-state index contributed by atoms with van der Waals surface area (Å²) < 4.78 is 0. The van der Waals surface area contributed by atoms with Gasteiger partial charge in [-0.05, 0) is 5.56 Å². The summed E-state index contributed by atoms with van der Waals surface area (Å²) in [5.74, 6) is 1.56. The van der Waals surface area contributed by atoms with Crippen LogP contribution in [0, 0.1) is 0 Å². The molecule has 2 heterocycles. The van der Waals surface area contributed by atoms with Crippen LogP contribution in [0.2, 0.25) is 0 Å². The van der Waals surface area contributed by atoms with Crippen LogP contribution in [0.4, 0.5) is 17.6 Å². The number of benzene rings is 1. The van der Waals surface area contributed by atoms with Gasteiger partial charge in [0, 0.05) is 32.0 Å². The van der Waals surface area contributed by atoms with Crippen LogP contribution < -0.4 is 16.0 Å². The largest absolute Gasteiger partial charge is 0.373 e. The van der Waals surface area contributed by atoms with E-state index in [0.717, 1.165) is 0 Å². The maximum absolute atomic E-state index is 12.3. The fourth-order valence-electron chi connectivity index (χ4n) is 2.60. The summed E-state index contributed by atoms with van der Waals surface area (Å²) in [6, 6.07) is 11.8. The van der Waals surface area contributed by atoms with E-state index in [2.05, 4.69) is 27.4 Å². The van der Waals surface area contributed by atoms with Gasteiger partial charge in [0.1, 0.15) is 11.6 Å². The number of hydrogen-bond acceptors (Lipinski definition) is 5. The highest BCUT2D eigenvalue weighted by atomic mass is 16.2. The first kappa shape index (κ1) is 13.4. The van der Waals surface area contributed by atoms with E-state index in [1.165, 1.54) is 5.56 Å². The van der Waals surface area contributed by atoms with Crippen LogP contribution in [0.25, 0.3) is 0 Å². The second kappa shape index (κ2) is 5.40. The number of nitrogens with one attached hydrogen (secondary N) is 1. The molecule has 6 heteroatoms. The lowest BCUT2D eigenvalue weighted by Gasteiger charge is -2.16. The maximum atomic E-state index is 12.3. The molecule has 1 aliphatic heterocycles. The first-order valence-electron chi connectivity index (χ1n) is 6.85. The van der Waals surface area contributed by atoms with Crippen LogP contribution in [0.3, 0.4) is 0 Å². The summed E-state index contributed by atoms with van der Waals surface area (Å²) in [5, 5.41) is 2.92. The van der Waals surface area contributed by atoms with Gasteiger partial charge in [-0.3, -0.25) is 9.69 Å². The molecule has 3 N–H and O–H groups in total. The molecular weight excluding hydrogens is 266 g/mol. The fraction of sp³-hybridized carbons (Fsp3) is 0.267. The minimum atomic E-state index is 0.0593. The Morgan fingerprint density at radius 1 is 1.29 bits per heavy atom. The molecule has 3 rings (SSSR count). The van der Waals surface area contributed by atoms with E-state index < -0.39 is 0 Å². The van der Waals surface area contributed by atoms with Crippen molar-refractivity contribution in [2.24, 2.45) is 0 Å².